The fraction of sp³-hybridized carbons (Fsp3) is 0.192. The lowest BCUT2D eigenvalue weighted by Crippen LogP contribution is -2.03. The molecule has 0 bridgehead atoms. The van der Waals surface area contributed by atoms with E-state index in [1.807, 2.05) is 6.21 Å². The summed E-state index contributed by atoms with van der Waals surface area (Å²) in [6.45, 7) is 0.871. The van der Waals surface area contributed by atoms with Crippen LogP contribution in [0.25, 0.3) is 22.2 Å². The van der Waals surface area contributed by atoms with Crippen LogP contribution >= 0.6 is 11.8 Å². The lowest BCUT2D eigenvalue weighted by Gasteiger charge is -2.12. The van der Waals surface area contributed by atoms with Gasteiger partial charge in [0.05, 0.1) is 0 Å². The number of fused-ring (bicyclic) bond motifs is 1. The number of aliphatic imine (C=N–C) groups is 1. The first-order valence-corrected chi connectivity index (χ1v) is 11.7. The summed E-state index contributed by atoms with van der Waals surface area (Å²) in [6.07, 6.45) is 7.14. The molecule has 0 radical (unpaired) electrons. The van der Waals surface area contributed by atoms with Crippen molar-refractivity contribution in [3.63, 3.8) is 0 Å². The first kappa shape index (κ1) is 19.8. The van der Waals surface area contributed by atoms with E-state index in [4.69, 9.17) is 0 Å². The highest BCUT2D eigenvalue weighted by atomic mass is 32.2. The van der Waals surface area contributed by atoms with Crippen molar-refractivity contribution >= 4 is 28.7 Å². The molecule has 0 unspecified atom stereocenters. The first-order chi connectivity index (χ1) is 15.4. The Kier molecular flexibility index (Phi) is 5.94. The van der Waals surface area contributed by atoms with E-state index in [-0.39, 0.29) is 0 Å². The highest BCUT2D eigenvalue weighted by Gasteiger charge is 2.16. The molecule has 3 aromatic carbocycles. The average molecular weight is 425 g/mol. The van der Waals surface area contributed by atoms with E-state index in [9.17, 15) is 0 Å². The van der Waals surface area contributed by atoms with Gasteiger partial charge in [-0.3, -0.25) is 4.99 Å². The normalized spacial score (nSPS) is 13.1. The van der Waals surface area contributed by atoms with Crippen molar-refractivity contribution in [1.29, 1.82) is 0 Å². The minimum absolute atomic E-state index is 0.871. The number of hydrogen-bond acceptors (Lipinski definition) is 4. The van der Waals surface area contributed by atoms with Gasteiger partial charge in [0.2, 0.25) is 0 Å². The lowest BCUT2D eigenvalue weighted by atomic mass is 10.0. The largest absolute Gasteiger partial charge is 0.302 e. The Morgan fingerprint density at radius 3 is 2.58 bits per heavy atom. The molecule has 2 heterocycles. The van der Waals surface area contributed by atoms with Gasteiger partial charge >= 0.3 is 0 Å². The third-order valence-corrected chi connectivity index (χ3v) is 6.53. The van der Waals surface area contributed by atoms with Crippen molar-refractivity contribution < 1.29 is 0 Å². The van der Waals surface area contributed by atoms with Crippen molar-refractivity contribution in [2.45, 2.75) is 36.7 Å². The van der Waals surface area contributed by atoms with E-state index in [1.165, 1.54) is 22.0 Å². The Bertz CT molecular complexity index is 1240. The van der Waals surface area contributed by atoms with Crippen molar-refractivity contribution in [2.24, 2.45) is 4.99 Å². The minimum Gasteiger partial charge on any atom is -0.302 e. The quantitative estimate of drug-likeness (QED) is 0.302. The Balaban J connectivity index is 1.46. The molecule has 1 aromatic heterocycles. The van der Waals surface area contributed by atoms with Gasteiger partial charge in [-0.2, -0.15) is 0 Å². The van der Waals surface area contributed by atoms with Gasteiger partial charge < -0.3 is 4.57 Å². The molecule has 0 saturated carbocycles. The summed E-state index contributed by atoms with van der Waals surface area (Å²) in [7, 11) is 0. The molecule has 0 atom stereocenters. The molecule has 1 aliphatic rings. The maximum Gasteiger partial charge on any atom is 0.191 e. The fourth-order valence-electron chi connectivity index (χ4n) is 3.94. The molecule has 31 heavy (non-hydrogen) atoms. The molecule has 1 aliphatic heterocycles. The van der Waals surface area contributed by atoms with E-state index in [1.54, 1.807) is 11.8 Å². The summed E-state index contributed by atoms with van der Waals surface area (Å²) in [5.74, 6) is 1.82. The van der Waals surface area contributed by atoms with Gasteiger partial charge in [0, 0.05) is 36.2 Å². The summed E-state index contributed by atoms with van der Waals surface area (Å²) >= 11 is 1.75. The lowest BCUT2D eigenvalue weighted by molar-refractivity contribution is 0.597. The molecule has 0 amide bonds. The van der Waals surface area contributed by atoms with Crippen LogP contribution in [0.3, 0.4) is 0 Å². The zero-order valence-corrected chi connectivity index (χ0v) is 18.1. The molecule has 5 heteroatoms. The second kappa shape index (κ2) is 9.31. The van der Waals surface area contributed by atoms with Gasteiger partial charge in [0.15, 0.2) is 11.0 Å². The van der Waals surface area contributed by atoms with Gasteiger partial charge in [-0.1, -0.05) is 90.6 Å². The number of benzene rings is 3. The Hall–Kier alpha value is -3.18. The second-order valence-electron chi connectivity index (χ2n) is 7.61. The van der Waals surface area contributed by atoms with Crippen molar-refractivity contribution in [3.05, 3.63) is 90.1 Å². The number of thioether (sulfide) groups is 1. The minimum atomic E-state index is 0.871. The molecule has 0 fully saturated rings. The highest BCUT2D eigenvalue weighted by Crippen LogP contribution is 2.31. The van der Waals surface area contributed by atoms with Gasteiger partial charge in [-0.25, -0.2) is 0 Å². The SMILES string of the molecule is C1=NC(CCCn2c(SCc3ccccc3)nnc2-c2cccc3ccccc23)=CC1. The first-order valence-electron chi connectivity index (χ1n) is 10.7. The molecule has 0 spiro atoms. The summed E-state index contributed by atoms with van der Waals surface area (Å²) in [5, 5.41) is 12.6. The van der Waals surface area contributed by atoms with Gasteiger partial charge in [-0.15, -0.1) is 10.2 Å². The van der Waals surface area contributed by atoms with Crippen LogP contribution in [0.5, 0.6) is 0 Å². The topological polar surface area (TPSA) is 43.1 Å². The van der Waals surface area contributed by atoms with Crippen LogP contribution in [0.4, 0.5) is 0 Å². The number of allylic oxidation sites excluding steroid dienone is 2. The molecule has 4 nitrogen and oxygen atoms in total. The third-order valence-electron chi connectivity index (χ3n) is 5.49. The maximum atomic E-state index is 4.65. The van der Waals surface area contributed by atoms with Crippen LogP contribution in [-0.2, 0) is 12.3 Å². The Morgan fingerprint density at radius 1 is 0.871 bits per heavy atom. The molecule has 154 valence electrons. The van der Waals surface area contributed by atoms with Crippen molar-refractivity contribution in [3.8, 4) is 11.4 Å². The van der Waals surface area contributed by atoms with Gasteiger partial charge in [0.1, 0.15) is 0 Å². The number of nitrogens with zero attached hydrogens (tertiary/aromatic N) is 4. The monoisotopic (exact) mass is 424 g/mol. The second-order valence-corrected chi connectivity index (χ2v) is 8.55. The van der Waals surface area contributed by atoms with Crippen LogP contribution in [-0.4, -0.2) is 21.0 Å². The van der Waals surface area contributed by atoms with E-state index < -0.39 is 0 Å². The molecule has 4 aromatic rings. The summed E-state index contributed by atoms with van der Waals surface area (Å²) in [6, 6.07) is 25.4. The summed E-state index contributed by atoms with van der Waals surface area (Å²) in [5.41, 5.74) is 3.62. The van der Waals surface area contributed by atoms with Gasteiger partial charge in [-0.05, 0) is 29.2 Å². The van der Waals surface area contributed by atoms with Crippen molar-refractivity contribution in [1.82, 2.24) is 14.8 Å². The van der Waals surface area contributed by atoms with Gasteiger partial charge in [0.25, 0.3) is 0 Å². The van der Waals surface area contributed by atoms with E-state index in [2.05, 4.69) is 98.6 Å². The predicted molar refractivity (Wildman–Crippen MR) is 129 cm³/mol. The van der Waals surface area contributed by atoms with E-state index >= 15 is 0 Å². The zero-order valence-electron chi connectivity index (χ0n) is 17.3. The van der Waals surface area contributed by atoms with Crippen molar-refractivity contribution in [2.75, 3.05) is 0 Å². The molecule has 0 saturated heterocycles. The number of rotatable bonds is 8. The third kappa shape index (κ3) is 4.47. The predicted octanol–water partition coefficient (Wildman–Crippen LogP) is 6.53. The van der Waals surface area contributed by atoms with Crippen LogP contribution in [0.15, 0.2) is 94.7 Å². The molecule has 5 rings (SSSR count). The highest BCUT2D eigenvalue weighted by molar-refractivity contribution is 7.98. The summed E-state index contributed by atoms with van der Waals surface area (Å²) < 4.78 is 2.29. The fourth-order valence-corrected chi connectivity index (χ4v) is 4.86. The van der Waals surface area contributed by atoms with Crippen LogP contribution < -0.4 is 0 Å². The number of aromatic nitrogens is 3. The average Bonchev–Trinajstić information content (AvgIpc) is 3.48. The molecule has 0 N–H and O–H groups in total. The summed E-state index contributed by atoms with van der Waals surface area (Å²) in [4.78, 5) is 4.46. The van der Waals surface area contributed by atoms with E-state index in [0.29, 0.717) is 0 Å². The maximum absolute atomic E-state index is 4.65. The number of hydrogen-bond donors (Lipinski definition) is 0. The van der Waals surface area contributed by atoms with Crippen LogP contribution in [0.2, 0.25) is 0 Å². The smallest absolute Gasteiger partial charge is 0.191 e. The van der Waals surface area contributed by atoms with E-state index in [0.717, 1.165) is 48.1 Å². The van der Waals surface area contributed by atoms with Crippen LogP contribution in [0.1, 0.15) is 24.8 Å². The standard InChI is InChI=1S/C26H24N4S/c1-2-9-20(10-3-1)19-31-26-29-28-25(30(26)18-8-14-22-13-7-17-27-22)24-16-6-12-21-11-4-5-15-23(21)24/h1-6,9-13,15-17H,7-8,14,18-19H2. The molecule has 0 aliphatic carbocycles. The molecular weight excluding hydrogens is 400 g/mol. The van der Waals surface area contributed by atoms with Crippen LogP contribution in [0, 0.1) is 0 Å². The Morgan fingerprint density at radius 2 is 1.71 bits per heavy atom. The Labute approximate surface area is 186 Å². The zero-order chi connectivity index (χ0) is 20.9. The molecular formula is C26H24N4S.